The molecular weight excluding hydrogens is 528 g/mol. The van der Waals surface area contributed by atoms with E-state index in [1.165, 1.54) is 87.2 Å². The number of hydrogen-bond acceptors (Lipinski definition) is 0. The Morgan fingerprint density at radius 2 is 0.818 bits per heavy atom. The van der Waals surface area contributed by atoms with Gasteiger partial charge in [-0.25, -0.2) is 0 Å². The van der Waals surface area contributed by atoms with E-state index in [4.69, 9.17) is 0 Å². The van der Waals surface area contributed by atoms with Crippen molar-refractivity contribution >= 4 is 53.9 Å². The van der Waals surface area contributed by atoms with Gasteiger partial charge in [0.2, 0.25) is 0 Å². The molecule has 0 aliphatic heterocycles. The Bertz CT molecular complexity index is 2530. The Morgan fingerprint density at radius 1 is 0.250 bits per heavy atom. The van der Waals surface area contributed by atoms with Crippen molar-refractivity contribution in [2.75, 3.05) is 0 Å². The number of fused-ring (bicyclic) bond motifs is 6. The summed E-state index contributed by atoms with van der Waals surface area (Å²) in [6.07, 6.45) is 0. The third-order valence-corrected chi connectivity index (χ3v) is 9.21. The van der Waals surface area contributed by atoms with Gasteiger partial charge in [0.1, 0.15) is 0 Å². The lowest BCUT2D eigenvalue weighted by molar-refractivity contribution is 1.64. The molecule has 0 heterocycles. The van der Waals surface area contributed by atoms with E-state index >= 15 is 0 Å². The van der Waals surface area contributed by atoms with E-state index in [-0.39, 0.29) is 0 Å². The first kappa shape index (κ1) is 24.8. The van der Waals surface area contributed by atoms with Crippen LogP contribution in [0.2, 0.25) is 0 Å². The first-order chi connectivity index (χ1) is 21.8. The summed E-state index contributed by atoms with van der Waals surface area (Å²) in [4.78, 5) is 0. The molecule has 0 atom stereocenters. The Labute approximate surface area is 256 Å². The van der Waals surface area contributed by atoms with Gasteiger partial charge in [-0.3, -0.25) is 0 Å². The summed E-state index contributed by atoms with van der Waals surface area (Å²) in [5.41, 5.74) is 7.59. The monoisotopic (exact) mass is 556 g/mol. The molecule has 9 aromatic rings. The van der Waals surface area contributed by atoms with E-state index in [9.17, 15) is 0 Å². The minimum atomic E-state index is 1.24. The lowest BCUT2D eigenvalue weighted by Crippen LogP contribution is -1.93. The molecule has 0 saturated carbocycles. The molecule has 0 aliphatic carbocycles. The minimum Gasteiger partial charge on any atom is -0.0622 e. The Hall–Kier alpha value is -5.72. The van der Waals surface area contributed by atoms with Crippen molar-refractivity contribution < 1.29 is 0 Å². The summed E-state index contributed by atoms with van der Waals surface area (Å²) < 4.78 is 0. The molecule has 0 bridgehead atoms. The third kappa shape index (κ3) is 3.85. The maximum Gasteiger partial charge on any atom is -0.00141 e. The van der Waals surface area contributed by atoms with Crippen LogP contribution in [0.15, 0.2) is 170 Å². The molecule has 0 N–H and O–H groups in total. The van der Waals surface area contributed by atoms with Crippen LogP contribution in [-0.4, -0.2) is 0 Å². The average molecular weight is 557 g/mol. The standard InChI is InChI=1S/C44H28/c1-2-11-29(12-3-1)33-23-21-30-22-24-34(28-35(30)27-33)42-39-18-8-9-19-40(39)43(38-20-10-15-31-13-4-6-16-36(31)38)41-26-25-32-14-5-7-17-37(32)44(41)42/h1-28H. The van der Waals surface area contributed by atoms with Gasteiger partial charge in [-0.2, -0.15) is 0 Å². The quantitative estimate of drug-likeness (QED) is 0.150. The van der Waals surface area contributed by atoms with Crippen LogP contribution in [0.3, 0.4) is 0 Å². The molecule has 0 heteroatoms. The molecule has 0 aliphatic rings. The zero-order valence-corrected chi connectivity index (χ0v) is 24.2. The summed E-state index contributed by atoms with van der Waals surface area (Å²) in [7, 11) is 0. The highest BCUT2D eigenvalue weighted by Crippen LogP contribution is 2.47. The van der Waals surface area contributed by atoms with Crippen molar-refractivity contribution in [1.82, 2.24) is 0 Å². The molecule has 0 amide bonds. The van der Waals surface area contributed by atoms with Crippen LogP contribution in [0.5, 0.6) is 0 Å². The zero-order chi connectivity index (χ0) is 29.0. The molecule has 204 valence electrons. The van der Waals surface area contributed by atoms with E-state index in [0.717, 1.165) is 0 Å². The van der Waals surface area contributed by atoms with Crippen LogP contribution in [-0.2, 0) is 0 Å². The molecule has 0 saturated heterocycles. The maximum absolute atomic E-state index is 2.39. The lowest BCUT2D eigenvalue weighted by Gasteiger charge is -2.20. The highest BCUT2D eigenvalue weighted by Gasteiger charge is 2.20. The average Bonchev–Trinajstić information content (AvgIpc) is 3.10. The fourth-order valence-corrected chi connectivity index (χ4v) is 7.19. The van der Waals surface area contributed by atoms with Gasteiger partial charge in [0.25, 0.3) is 0 Å². The van der Waals surface area contributed by atoms with Crippen LogP contribution in [0.4, 0.5) is 0 Å². The summed E-state index contributed by atoms with van der Waals surface area (Å²) in [5, 5.41) is 12.7. The van der Waals surface area contributed by atoms with Crippen LogP contribution in [0.25, 0.3) is 87.2 Å². The van der Waals surface area contributed by atoms with Crippen molar-refractivity contribution in [3.05, 3.63) is 170 Å². The number of rotatable bonds is 3. The lowest BCUT2D eigenvalue weighted by atomic mass is 9.82. The van der Waals surface area contributed by atoms with E-state index in [2.05, 4.69) is 170 Å². The van der Waals surface area contributed by atoms with Gasteiger partial charge in [0.05, 0.1) is 0 Å². The van der Waals surface area contributed by atoms with Gasteiger partial charge in [-0.1, -0.05) is 158 Å². The van der Waals surface area contributed by atoms with Gasteiger partial charge < -0.3 is 0 Å². The summed E-state index contributed by atoms with van der Waals surface area (Å²) >= 11 is 0. The number of benzene rings is 9. The van der Waals surface area contributed by atoms with Crippen molar-refractivity contribution in [2.24, 2.45) is 0 Å². The maximum atomic E-state index is 2.39. The molecule has 9 aromatic carbocycles. The van der Waals surface area contributed by atoms with Crippen LogP contribution < -0.4 is 0 Å². The Kier molecular flexibility index (Phi) is 5.61. The van der Waals surface area contributed by atoms with E-state index < -0.39 is 0 Å². The first-order valence-corrected chi connectivity index (χ1v) is 15.3. The first-order valence-electron chi connectivity index (χ1n) is 15.3. The van der Waals surface area contributed by atoms with Gasteiger partial charge in [0, 0.05) is 0 Å². The SMILES string of the molecule is c1ccc(-c2ccc3ccc(-c4c5ccccc5c(-c5cccc6ccccc56)c5ccc6ccccc6c45)cc3c2)cc1. The van der Waals surface area contributed by atoms with E-state index in [1.54, 1.807) is 0 Å². The smallest absolute Gasteiger partial charge is 0.00141 e. The molecular formula is C44H28. The normalized spacial score (nSPS) is 11.6. The van der Waals surface area contributed by atoms with Gasteiger partial charge in [-0.05, 0) is 99.4 Å². The van der Waals surface area contributed by atoms with Crippen molar-refractivity contribution in [1.29, 1.82) is 0 Å². The minimum absolute atomic E-state index is 1.24. The molecule has 0 radical (unpaired) electrons. The topological polar surface area (TPSA) is 0 Å². The molecule has 0 nitrogen and oxygen atoms in total. The van der Waals surface area contributed by atoms with Crippen LogP contribution >= 0.6 is 0 Å². The molecule has 0 fully saturated rings. The van der Waals surface area contributed by atoms with Crippen LogP contribution in [0, 0.1) is 0 Å². The molecule has 0 aromatic heterocycles. The zero-order valence-electron chi connectivity index (χ0n) is 24.2. The second kappa shape index (κ2) is 9.93. The van der Waals surface area contributed by atoms with Gasteiger partial charge in [0.15, 0.2) is 0 Å². The molecule has 0 unspecified atom stereocenters. The predicted octanol–water partition coefficient (Wildman–Crippen LogP) is 12.5. The fraction of sp³-hybridized carbons (Fsp3) is 0. The molecule has 44 heavy (non-hydrogen) atoms. The molecule has 9 rings (SSSR count). The van der Waals surface area contributed by atoms with E-state index in [1.807, 2.05) is 0 Å². The van der Waals surface area contributed by atoms with Crippen molar-refractivity contribution in [3.63, 3.8) is 0 Å². The predicted molar refractivity (Wildman–Crippen MR) is 190 cm³/mol. The molecule has 0 spiro atoms. The summed E-state index contributed by atoms with van der Waals surface area (Å²) in [6, 6.07) is 62.4. The highest BCUT2D eigenvalue weighted by atomic mass is 14.2. The van der Waals surface area contributed by atoms with Crippen molar-refractivity contribution in [3.8, 4) is 33.4 Å². The third-order valence-electron chi connectivity index (χ3n) is 9.21. The second-order valence-electron chi connectivity index (χ2n) is 11.7. The second-order valence-corrected chi connectivity index (χ2v) is 11.7. The van der Waals surface area contributed by atoms with E-state index in [0.29, 0.717) is 0 Å². The van der Waals surface area contributed by atoms with Crippen LogP contribution in [0.1, 0.15) is 0 Å². The largest absolute Gasteiger partial charge is 0.0622 e. The van der Waals surface area contributed by atoms with Gasteiger partial charge >= 0.3 is 0 Å². The Morgan fingerprint density at radius 3 is 1.61 bits per heavy atom. The Balaban J connectivity index is 1.42. The fourth-order valence-electron chi connectivity index (χ4n) is 7.19. The van der Waals surface area contributed by atoms with Crippen molar-refractivity contribution in [2.45, 2.75) is 0 Å². The summed E-state index contributed by atoms with van der Waals surface area (Å²) in [6.45, 7) is 0. The highest BCUT2D eigenvalue weighted by molar-refractivity contribution is 6.29. The summed E-state index contributed by atoms with van der Waals surface area (Å²) in [5.74, 6) is 0. The number of hydrogen-bond donors (Lipinski definition) is 0. The van der Waals surface area contributed by atoms with Gasteiger partial charge in [-0.15, -0.1) is 0 Å².